The molecule has 2 aliphatic rings. The number of hydrogen-bond donors (Lipinski definition) is 6. The minimum atomic E-state index is -1.25. The van der Waals surface area contributed by atoms with Crippen LogP contribution >= 0.6 is 11.3 Å². The summed E-state index contributed by atoms with van der Waals surface area (Å²) >= 11 is 1.40. The molecular weight excluding hydrogens is 743 g/mol. The zero-order chi connectivity index (χ0) is 40.6. The van der Waals surface area contributed by atoms with Gasteiger partial charge in [0.25, 0.3) is 0 Å². The molecule has 3 atom stereocenters. The molecule has 0 fully saturated rings. The second-order valence-electron chi connectivity index (χ2n) is 13.4. The maximum absolute atomic E-state index is 13.3. The van der Waals surface area contributed by atoms with Crippen molar-refractivity contribution in [2.45, 2.75) is 57.2 Å². The molecule has 2 bridgehead atoms. The van der Waals surface area contributed by atoms with Crippen LogP contribution in [0.4, 0.5) is 5.69 Å². The minimum Gasteiger partial charge on any atom is -0.480 e. The third-order valence-corrected chi connectivity index (χ3v) is 9.97. The number of benzene rings is 4. The molecular formula is C44H45N5O7S. The Hall–Kier alpha value is -6.60. The average Bonchev–Trinajstić information content (AvgIpc) is 3.74. The van der Waals surface area contributed by atoms with E-state index >= 15 is 0 Å². The molecule has 7 rings (SSSR count). The highest BCUT2D eigenvalue weighted by molar-refractivity contribution is 7.09. The van der Waals surface area contributed by atoms with Crippen LogP contribution in [0.1, 0.15) is 46.9 Å². The summed E-state index contributed by atoms with van der Waals surface area (Å²) in [6.45, 7) is 1.60. The second-order valence-corrected chi connectivity index (χ2v) is 14.5. The minimum absolute atomic E-state index is 0.0685. The molecule has 57 heavy (non-hydrogen) atoms. The molecule has 0 radical (unpaired) electrons. The van der Waals surface area contributed by atoms with E-state index in [4.69, 9.17) is 0 Å². The van der Waals surface area contributed by atoms with Gasteiger partial charge in [0, 0.05) is 29.8 Å². The fourth-order valence-electron chi connectivity index (χ4n) is 5.96. The summed E-state index contributed by atoms with van der Waals surface area (Å²) in [5.41, 5.74) is 5.57. The smallest absolute Gasteiger partial charge is 0.326 e. The van der Waals surface area contributed by atoms with E-state index in [0.717, 1.165) is 10.4 Å². The van der Waals surface area contributed by atoms with E-state index in [9.17, 15) is 33.9 Å². The van der Waals surface area contributed by atoms with Gasteiger partial charge in [-0.15, -0.1) is 11.3 Å². The largest absolute Gasteiger partial charge is 0.480 e. The topological polar surface area (TPSA) is 183 Å². The zero-order valence-electron chi connectivity index (χ0n) is 31.4. The van der Waals surface area contributed by atoms with Crippen LogP contribution in [0.15, 0.2) is 127 Å². The zero-order valence-corrected chi connectivity index (χ0v) is 32.2. The van der Waals surface area contributed by atoms with Gasteiger partial charge in [-0.05, 0) is 65.6 Å². The normalized spacial score (nSPS) is 18.5. The lowest BCUT2D eigenvalue weighted by Gasteiger charge is -2.23. The lowest BCUT2D eigenvalue weighted by Crippen LogP contribution is -2.51. The van der Waals surface area contributed by atoms with E-state index in [-0.39, 0.29) is 25.7 Å². The molecule has 1 aromatic heterocycles. The summed E-state index contributed by atoms with van der Waals surface area (Å²) in [7, 11) is 0. The van der Waals surface area contributed by atoms with Gasteiger partial charge in [-0.2, -0.15) is 0 Å². The average molecular weight is 788 g/mol. The molecule has 0 aliphatic carbocycles. The van der Waals surface area contributed by atoms with Crippen LogP contribution in [0, 0.1) is 6.92 Å². The molecule has 294 valence electrons. The number of rotatable bonds is 5. The van der Waals surface area contributed by atoms with Crippen molar-refractivity contribution in [1.82, 2.24) is 21.3 Å². The number of carbonyl (C=O) groups is 6. The Kier molecular flexibility index (Phi) is 15.2. The van der Waals surface area contributed by atoms with Crippen molar-refractivity contribution in [3.63, 3.8) is 0 Å². The highest BCUT2D eigenvalue weighted by Gasteiger charge is 2.29. The number of carboxylic acid groups (broad SMARTS) is 1. The van der Waals surface area contributed by atoms with E-state index in [2.05, 4.69) is 82.0 Å². The van der Waals surface area contributed by atoms with Crippen LogP contribution in [0.25, 0.3) is 11.1 Å². The van der Waals surface area contributed by atoms with Crippen LogP contribution in [-0.4, -0.2) is 59.2 Å². The molecule has 0 saturated carbocycles. The van der Waals surface area contributed by atoms with E-state index in [1.165, 1.54) is 28.0 Å². The Morgan fingerprint density at radius 2 is 1.32 bits per heavy atom. The number of nitrogens with one attached hydrogen (secondary N) is 5. The van der Waals surface area contributed by atoms with Crippen LogP contribution in [-0.2, 0) is 41.6 Å². The predicted octanol–water partition coefficient (Wildman–Crippen LogP) is 5.35. The van der Waals surface area contributed by atoms with Gasteiger partial charge in [0.1, 0.15) is 18.1 Å². The molecule has 6 N–H and O–H groups in total. The first-order valence-electron chi connectivity index (χ1n) is 18.5. The number of thiophene rings is 1. The van der Waals surface area contributed by atoms with Crippen molar-refractivity contribution in [1.29, 1.82) is 0 Å². The van der Waals surface area contributed by atoms with Crippen LogP contribution in [0.5, 0.6) is 0 Å². The number of carboxylic acids is 1. The summed E-state index contributed by atoms with van der Waals surface area (Å²) in [6.07, 6.45) is 0.264. The molecule has 4 aromatic carbocycles. The maximum atomic E-state index is 13.3. The molecule has 12 nitrogen and oxygen atoms in total. The molecule has 13 heteroatoms. The number of aliphatic carboxylic acids is 1. The Morgan fingerprint density at radius 3 is 1.96 bits per heavy atom. The van der Waals surface area contributed by atoms with Gasteiger partial charge >= 0.3 is 5.97 Å². The molecule has 5 aromatic rings. The van der Waals surface area contributed by atoms with Gasteiger partial charge in [0.2, 0.25) is 29.5 Å². The molecule has 5 amide bonds. The summed E-state index contributed by atoms with van der Waals surface area (Å²) in [5.74, 6) is -4.19. The van der Waals surface area contributed by atoms with E-state index in [0.29, 0.717) is 17.7 Å². The lowest BCUT2D eigenvalue weighted by atomic mass is 10.0. The number of aryl methyl sites for hydroxylation is 2. The van der Waals surface area contributed by atoms with Crippen LogP contribution < -0.4 is 26.6 Å². The van der Waals surface area contributed by atoms with Crippen molar-refractivity contribution < 1.29 is 33.9 Å². The maximum Gasteiger partial charge on any atom is 0.326 e. The van der Waals surface area contributed by atoms with E-state index < -0.39 is 60.2 Å². The summed E-state index contributed by atoms with van der Waals surface area (Å²) in [6, 6.07) is 34.3. The van der Waals surface area contributed by atoms with Gasteiger partial charge < -0.3 is 31.7 Å². The van der Waals surface area contributed by atoms with Crippen molar-refractivity contribution in [3.05, 3.63) is 148 Å². The van der Waals surface area contributed by atoms with Gasteiger partial charge in [0.05, 0.1) is 6.54 Å². The first kappa shape index (κ1) is 41.6. The first-order valence-corrected chi connectivity index (χ1v) is 19.4. The third kappa shape index (κ3) is 13.3. The fraction of sp³-hybridized carbons (Fsp3) is 0.227. The predicted molar refractivity (Wildman–Crippen MR) is 219 cm³/mol. The summed E-state index contributed by atoms with van der Waals surface area (Å²) in [5, 5.41) is 24.6. The van der Waals surface area contributed by atoms with Crippen LogP contribution in [0.2, 0.25) is 0 Å². The van der Waals surface area contributed by atoms with Crippen molar-refractivity contribution in [3.8, 4) is 11.1 Å². The van der Waals surface area contributed by atoms with Crippen molar-refractivity contribution in [2.24, 2.45) is 0 Å². The van der Waals surface area contributed by atoms with Crippen molar-refractivity contribution >= 4 is 52.5 Å². The Morgan fingerprint density at radius 1 is 0.667 bits per heavy atom. The molecule has 0 unspecified atom stereocenters. The molecule has 3 heterocycles. The quantitative estimate of drug-likeness (QED) is 0.130. The fourth-order valence-corrected chi connectivity index (χ4v) is 6.71. The molecule has 2 aliphatic heterocycles. The number of anilines is 1. The number of hydrogen-bond acceptors (Lipinski definition) is 7. The second kappa shape index (κ2) is 20.9. The number of amides is 5. The number of carbonyl (C=O) groups excluding carboxylic acids is 5. The monoisotopic (exact) mass is 787 g/mol. The standard InChI is InChI=1S/C31H33N5O7S.C13H12/c37-25-14-15-26(38)34-24(17-22-7-4-16-44-22)29(40)32-18-27(39)36-28(20-5-2-1-3-6-20)30(41)35-23(31(42)43)13-10-19-8-11-21(33-25)12-9-19;1-11-7-9-13(10-8-11)12-5-3-2-4-6-12/h1-9,11-12,16,23-24,28H,10,13-15,17-18H2,(H,32,40)(H,33,37)(H,34,38)(H,35,41)(H,36,39)(H,42,43);2-10H,1H3/t23-,24+,28+;/m0./s1. The van der Waals surface area contributed by atoms with Gasteiger partial charge in [0.15, 0.2) is 0 Å². The van der Waals surface area contributed by atoms with Gasteiger partial charge in [-0.3, -0.25) is 24.0 Å². The summed E-state index contributed by atoms with van der Waals surface area (Å²) in [4.78, 5) is 77.5. The Labute approximate surface area is 335 Å². The van der Waals surface area contributed by atoms with Gasteiger partial charge in [-0.25, -0.2) is 4.79 Å². The van der Waals surface area contributed by atoms with Gasteiger partial charge in [-0.1, -0.05) is 109 Å². The Bertz CT molecular complexity index is 2110. The van der Waals surface area contributed by atoms with Crippen molar-refractivity contribution in [2.75, 3.05) is 11.9 Å². The molecule has 0 spiro atoms. The third-order valence-electron chi connectivity index (χ3n) is 9.07. The first-order chi connectivity index (χ1) is 27.5. The van der Waals surface area contributed by atoms with E-state index in [1.54, 1.807) is 54.6 Å². The van der Waals surface area contributed by atoms with Crippen LogP contribution in [0.3, 0.4) is 0 Å². The molecule has 0 saturated heterocycles. The summed E-state index contributed by atoms with van der Waals surface area (Å²) < 4.78 is 0. The highest BCUT2D eigenvalue weighted by Crippen LogP contribution is 2.19. The number of fused-ring (bicyclic) bond motifs is 19. The van der Waals surface area contributed by atoms with E-state index in [1.807, 2.05) is 23.6 Å². The Balaban J connectivity index is 0.000000400. The lowest BCUT2D eigenvalue weighted by molar-refractivity contribution is -0.142. The highest BCUT2D eigenvalue weighted by atomic mass is 32.1. The SMILES string of the molecule is Cc1ccc(-c2ccccc2)cc1.O=C1CCC(=O)N[C@H](Cc2cccs2)C(=O)NCC(=O)N[C@H](c2ccccc2)C(=O)N[C@H](C(=O)O)CCc2ccc(cc2)N1.